The highest BCUT2D eigenvalue weighted by Crippen LogP contribution is 2.21. The van der Waals surface area contributed by atoms with Gasteiger partial charge in [-0.2, -0.15) is 0 Å². The van der Waals surface area contributed by atoms with Crippen molar-refractivity contribution in [3.63, 3.8) is 0 Å². The summed E-state index contributed by atoms with van der Waals surface area (Å²) in [6.45, 7) is 0. The second kappa shape index (κ2) is 5.96. The number of sulfone groups is 1. The monoisotopic (exact) mass is 335 g/mol. The number of carbonyl (C=O) groups excluding carboxylic acids is 1. The number of benzene rings is 1. The van der Waals surface area contributed by atoms with Gasteiger partial charge in [0.15, 0.2) is 9.84 Å². The normalized spacial score (nSPS) is 10.9. The fourth-order valence-corrected chi connectivity index (χ4v) is 2.52. The molecule has 1 aromatic rings. The van der Waals surface area contributed by atoms with Crippen LogP contribution in [0.3, 0.4) is 0 Å². The summed E-state index contributed by atoms with van der Waals surface area (Å²) in [5.74, 6) is -4.18. The molecule has 98 valence electrons. The number of rotatable bonds is 5. The zero-order valence-electron chi connectivity index (χ0n) is 9.09. The zero-order valence-corrected chi connectivity index (χ0v) is 11.5. The molecule has 0 aliphatic carbocycles. The van der Waals surface area contributed by atoms with Gasteiger partial charge < -0.3 is 10.4 Å². The van der Waals surface area contributed by atoms with E-state index in [2.05, 4.69) is 21.2 Å². The van der Waals surface area contributed by atoms with E-state index in [9.17, 15) is 18.0 Å². The second-order valence-electron chi connectivity index (χ2n) is 3.45. The Morgan fingerprint density at radius 3 is 2.39 bits per heavy atom. The maximum atomic E-state index is 11.5. The molecule has 0 saturated carbocycles. The molecule has 1 aromatic carbocycles. The van der Waals surface area contributed by atoms with E-state index in [0.29, 0.717) is 10.2 Å². The Bertz CT molecular complexity index is 569. The van der Waals surface area contributed by atoms with Gasteiger partial charge in [-0.25, -0.2) is 8.42 Å². The van der Waals surface area contributed by atoms with Crippen LogP contribution in [0.2, 0.25) is 0 Å². The minimum Gasteiger partial charge on any atom is -0.480 e. The first-order valence-corrected chi connectivity index (χ1v) is 7.38. The van der Waals surface area contributed by atoms with E-state index >= 15 is 0 Å². The van der Waals surface area contributed by atoms with Crippen LogP contribution in [0, 0.1) is 0 Å². The van der Waals surface area contributed by atoms with Crippen molar-refractivity contribution >= 4 is 43.3 Å². The number of nitrogens with one attached hydrogen (secondary N) is 1. The Kier molecular flexibility index (Phi) is 4.85. The van der Waals surface area contributed by atoms with Crippen molar-refractivity contribution in [3.05, 3.63) is 28.7 Å². The lowest BCUT2D eigenvalue weighted by molar-refractivity contribution is -0.134. The SMILES string of the molecule is O=C(O)CS(=O)(=O)CC(=O)Nc1ccccc1Br. The fourth-order valence-electron chi connectivity index (χ4n) is 1.19. The minimum atomic E-state index is -3.94. The van der Waals surface area contributed by atoms with Crippen molar-refractivity contribution in [3.8, 4) is 0 Å². The first-order chi connectivity index (χ1) is 8.30. The van der Waals surface area contributed by atoms with Gasteiger partial charge in [0.05, 0.1) is 5.69 Å². The third-order valence-electron chi connectivity index (χ3n) is 1.84. The molecule has 0 fully saturated rings. The predicted molar refractivity (Wildman–Crippen MR) is 69.1 cm³/mol. The summed E-state index contributed by atoms with van der Waals surface area (Å²) in [6, 6.07) is 6.68. The van der Waals surface area contributed by atoms with E-state index in [0.717, 1.165) is 0 Å². The Balaban J connectivity index is 2.68. The van der Waals surface area contributed by atoms with E-state index in [-0.39, 0.29) is 0 Å². The van der Waals surface area contributed by atoms with Gasteiger partial charge in [0.25, 0.3) is 0 Å². The molecule has 1 rings (SSSR count). The molecular formula is C10H10BrNO5S. The topological polar surface area (TPSA) is 101 Å². The van der Waals surface area contributed by atoms with Crippen molar-refractivity contribution in [2.75, 3.05) is 16.8 Å². The molecule has 0 bridgehead atoms. The van der Waals surface area contributed by atoms with Crippen LogP contribution in [-0.4, -0.2) is 36.9 Å². The van der Waals surface area contributed by atoms with Crippen molar-refractivity contribution in [2.45, 2.75) is 0 Å². The first kappa shape index (κ1) is 14.7. The fraction of sp³-hybridized carbons (Fsp3) is 0.200. The van der Waals surface area contributed by atoms with Gasteiger partial charge >= 0.3 is 5.97 Å². The first-order valence-electron chi connectivity index (χ1n) is 4.77. The summed E-state index contributed by atoms with van der Waals surface area (Å²) in [5.41, 5.74) is 0.424. The smallest absolute Gasteiger partial charge is 0.318 e. The summed E-state index contributed by atoms with van der Waals surface area (Å²) in [7, 11) is -3.94. The number of carbonyl (C=O) groups is 2. The van der Waals surface area contributed by atoms with Crippen molar-refractivity contribution in [1.29, 1.82) is 0 Å². The molecule has 1 amide bonds. The van der Waals surface area contributed by atoms with Crippen molar-refractivity contribution in [2.24, 2.45) is 0 Å². The highest BCUT2D eigenvalue weighted by molar-refractivity contribution is 9.10. The Morgan fingerprint density at radius 1 is 1.22 bits per heavy atom. The lowest BCUT2D eigenvalue weighted by Crippen LogP contribution is -2.27. The molecule has 0 heterocycles. The van der Waals surface area contributed by atoms with Crippen LogP contribution >= 0.6 is 15.9 Å². The summed E-state index contributed by atoms with van der Waals surface area (Å²) < 4.78 is 23.2. The molecular weight excluding hydrogens is 326 g/mol. The second-order valence-corrected chi connectivity index (χ2v) is 6.37. The number of aliphatic carboxylic acids is 1. The molecule has 8 heteroatoms. The molecule has 0 atom stereocenters. The lowest BCUT2D eigenvalue weighted by atomic mass is 10.3. The van der Waals surface area contributed by atoms with E-state index in [4.69, 9.17) is 5.11 Å². The summed E-state index contributed by atoms with van der Waals surface area (Å²) in [4.78, 5) is 21.7. The average Bonchev–Trinajstić information content (AvgIpc) is 2.18. The van der Waals surface area contributed by atoms with Crippen molar-refractivity contribution < 1.29 is 23.1 Å². The standard InChI is InChI=1S/C10H10BrNO5S/c11-7-3-1-2-4-8(7)12-9(13)5-18(16,17)6-10(14)15/h1-4H,5-6H2,(H,12,13)(H,14,15). The number of hydrogen-bond acceptors (Lipinski definition) is 4. The summed E-state index contributed by atoms with van der Waals surface area (Å²) >= 11 is 3.19. The van der Waals surface area contributed by atoms with E-state index in [1.165, 1.54) is 0 Å². The third-order valence-corrected chi connectivity index (χ3v) is 3.92. The predicted octanol–water partition coefficient (Wildman–Crippen LogP) is 0.887. The van der Waals surface area contributed by atoms with Crippen molar-refractivity contribution in [1.82, 2.24) is 0 Å². The summed E-state index contributed by atoms with van der Waals surface area (Å²) in [6.07, 6.45) is 0. The highest BCUT2D eigenvalue weighted by atomic mass is 79.9. The van der Waals surface area contributed by atoms with Gasteiger partial charge in [0.1, 0.15) is 11.5 Å². The molecule has 6 nitrogen and oxygen atoms in total. The van der Waals surface area contributed by atoms with Crippen LogP contribution in [0.4, 0.5) is 5.69 Å². The van der Waals surface area contributed by atoms with Gasteiger partial charge in [0, 0.05) is 4.47 Å². The van der Waals surface area contributed by atoms with Gasteiger partial charge in [0.2, 0.25) is 5.91 Å². The molecule has 0 aliphatic rings. The maximum absolute atomic E-state index is 11.5. The largest absolute Gasteiger partial charge is 0.480 e. The van der Waals surface area contributed by atoms with Gasteiger partial charge in [-0.15, -0.1) is 0 Å². The van der Waals surface area contributed by atoms with E-state index in [1.807, 2.05) is 0 Å². The Labute approximate surface area is 112 Å². The van der Waals surface area contributed by atoms with Crippen LogP contribution < -0.4 is 5.32 Å². The number of hydrogen-bond donors (Lipinski definition) is 2. The highest BCUT2D eigenvalue weighted by Gasteiger charge is 2.20. The number of carboxylic acids is 1. The molecule has 2 N–H and O–H groups in total. The average molecular weight is 336 g/mol. The number of anilines is 1. The van der Waals surface area contributed by atoms with Crippen LogP contribution in [-0.2, 0) is 19.4 Å². The molecule has 0 spiro atoms. The molecule has 0 radical (unpaired) electrons. The number of halogens is 1. The van der Waals surface area contributed by atoms with Crippen LogP contribution in [0.5, 0.6) is 0 Å². The minimum absolute atomic E-state index is 0.424. The van der Waals surface area contributed by atoms with Gasteiger partial charge in [-0.3, -0.25) is 9.59 Å². The maximum Gasteiger partial charge on any atom is 0.318 e. The number of para-hydroxylation sites is 1. The molecule has 0 aliphatic heterocycles. The van der Waals surface area contributed by atoms with Gasteiger partial charge in [-0.1, -0.05) is 12.1 Å². The molecule has 0 unspecified atom stereocenters. The lowest BCUT2D eigenvalue weighted by Gasteiger charge is -2.06. The summed E-state index contributed by atoms with van der Waals surface area (Å²) in [5, 5.41) is 10.8. The van der Waals surface area contributed by atoms with Crippen LogP contribution in [0.15, 0.2) is 28.7 Å². The van der Waals surface area contributed by atoms with E-state index < -0.39 is 33.2 Å². The number of amides is 1. The van der Waals surface area contributed by atoms with Crippen LogP contribution in [0.1, 0.15) is 0 Å². The third kappa shape index (κ3) is 4.84. The molecule has 0 saturated heterocycles. The quantitative estimate of drug-likeness (QED) is 0.832. The van der Waals surface area contributed by atoms with Crippen LogP contribution in [0.25, 0.3) is 0 Å². The Morgan fingerprint density at radius 2 is 1.83 bits per heavy atom. The zero-order chi connectivity index (χ0) is 13.8. The molecule has 18 heavy (non-hydrogen) atoms. The molecule has 0 aromatic heterocycles. The van der Waals surface area contributed by atoms with Gasteiger partial charge in [-0.05, 0) is 28.1 Å². The Hall–Kier alpha value is -1.41. The number of carboxylic acid groups (broad SMARTS) is 1. The van der Waals surface area contributed by atoms with E-state index in [1.54, 1.807) is 24.3 Å².